The van der Waals surface area contributed by atoms with Crippen LogP contribution < -0.4 is 4.74 Å². The van der Waals surface area contributed by atoms with Gasteiger partial charge in [-0.05, 0) is 66.1 Å². The van der Waals surface area contributed by atoms with Gasteiger partial charge in [-0.1, -0.05) is 42.0 Å². The number of hydrogen-bond acceptors (Lipinski definition) is 5. The second-order valence-electron chi connectivity index (χ2n) is 8.90. The zero-order valence-corrected chi connectivity index (χ0v) is 19.2. The zero-order chi connectivity index (χ0) is 22.8. The van der Waals surface area contributed by atoms with Crippen LogP contribution in [-0.4, -0.2) is 60.2 Å². The van der Waals surface area contributed by atoms with Crippen LogP contribution in [0.1, 0.15) is 16.7 Å². The molecule has 33 heavy (non-hydrogen) atoms. The van der Waals surface area contributed by atoms with E-state index in [0.717, 1.165) is 55.4 Å². The summed E-state index contributed by atoms with van der Waals surface area (Å²) in [5, 5.41) is 0. The van der Waals surface area contributed by atoms with Gasteiger partial charge >= 0.3 is 0 Å². The van der Waals surface area contributed by atoms with Crippen molar-refractivity contribution >= 4 is 17.2 Å². The number of carbonyl (C=O) groups excluding carboxylic acids is 1. The van der Waals surface area contributed by atoms with Crippen LogP contribution in [0.25, 0.3) is 5.57 Å². The summed E-state index contributed by atoms with van der Waals surface area (Å²) in [4.78, 5) is 21.8. The van der Waals surface area contributed by atoms with Crippen molar-refractivity contribution < 1.29 is 9.53 Å². The van der Waals surface area contributed by atoms with Gasteiger partial charge in [0.25, 0.3) is 0 Å². The van der Waals surface area contributed by atoms with Crippen molar-refractivity contribution in [2.45, 2.75) is 19.0 Å². The molecular formula is C28H29N3O2. The Labute approximate surface area is 195 Å². The number of aliphatic imine (C=N–C) groups is 1. The minimum Gasteiger partial charge on any atom is -0.497 e. The topological polar surface area (TPSA) is 45.1 Å². The Hall–Kier alpha value is -3.44. The number of carbonyl (C=O) groups is 1. The van der Waals surface area contributed by atoms with Gasteiger partial charge < -0.3 is 9.64 Å². The number of nitrogens with zero attached hydrogens (tertiary/aromatic N) is 3. The average Bonchev–Trinajstić information content (AvgIpc) is 3.22. The van der Waals surface area contributed by atoms with Crippen molar-refractivity contribution in [3.63, 3.8) is 0 Å². The number of allylic oxidation sites excluding steroid dienone is 2. The minimum atomic E-state index is -0.628. The molecular weight excluding hydrogens is 410 g/mol. The molecule has 2 heterocycles. The van der Waals surface area contributed by atoms with E-state index in [1.807, 2.05) is 24.3 Å². The Kier molecular flexibility index (Phi) is 5.73. The molecule has 0 bridgehead atoms. The van der Waals surface area contributed by atoms with Crippen molar-refractivity contribution in [3.05, 3.63) is 95.6 Å². The van der Waals surface area contributed by atoms with E-state index in [1.54, 1.807) is 19.3 Å². The summed E-state index contributed by atoms with van der Waals surface area (Å²) >= 11 is 0. The Morgan fingerprint density at radius 3 is 2.24 bits per heavy atom. The van der Waals surface area contributed by atoms with Gasteiger partial charge in [-0.3, -0.25) is 9.69 Å². The molecule has 0 amide bonds. The Morgan fingerprint density at radius 1 is 0.939 bits per heavy atom. The van der Waals surface area contributed by atoms with Crippen LogP contribution >= 0.6 is 0 Å². The maximum atomic E-state index is 11.8. The number of amidine groups is 1. The third-order valence-corrected chi connectivity index (χ3v) is 6.63. The van der Waals surface area contributed by atoms with Crippen LogP contribution in [0.3, 0.4) is 0 Å². The van der Waals surface area contributed by atoms with Crippen LogP contribution in [0.5, 0.6) is 5.75 Å². The van der Waals surface area contributed by atoms with Gasteiger partial charge in [0, 0.05) is 32.7 Å². The van der Waals surface area contributed by atoms with Gasteiger partial charge in [0.2, 0.25) is 0 Å². The maximum Gasteiger partial charge on any atom is 0.178 e. The highest BCUT2D eigenvalue weighted by atomic mass is 16.5. The summed E-state index contributed by atoms with van der Waals surface area (Å²) in [6.07, 6.45) is 9.28. The number of rotatable bonds is 4. The van der Waals surface area contributed by atoms with Crippen molar-refractivity contribution in [2.24, 2.45) is 4.99 Å². The van der Waals surface area contributed by atoms with E-state index in [4.69, 9.17) is 9.73 Å². The molecule has 5 heteroatoms. The third-order valence-electron chi connectivity index (χ3n) is 6.63. The summed E-state index contributed by atoms with van der Waals surface area (Å²) in [7, 11) is 1.67. The van der Waals surface area contributed by atoms with Gasteiger partial charge in [-0.25, -0.2) is 4.99 Å². The quantitative estimate of drug-likeness (QED) is 0.721. The highest BCUT2D eigenvalue weighted by Crippen LogP contribution is 2.40. The molecule has 3 aliphatic rings. The highest BCUT2D eigenvalue weighted by Gasteiger charge is 2.38. The number of ketones is 1. The van der Waals surface area contributed by atoms with Gasteiger partial charge in [0.05, 0.1) is 7.11 Å². The van der Waals surface area contributed by atoms with E-state index >= 15 is 0 Å². The number of methoxy groups -OCH3 is 1. The first-order chi connectivity index (χ1) is 16.0. The van der Waals surface area contributed by atoms with E-state index in [-0.39, 0.29) is 5.78 Å². The molecule has 0 radical (unpaired) electrons. The molecule has 1 spiro atoms. The zero-order valence-electron chi connectivity index (χ0n) is 19.2. The first-order valence-corrected chi connectivity index (χ1v) is 11.5. The van der Waals surface area contributed by atoms with Crippen LogP contribution in [0, 0.1) is 6.92 Å². The predicted molar refractivity (Wildman–Crippen MR) is 132 cm³/mol. The second kappa shape index (κ2) is 8.83. The summed E-state index contributed by atoms with van der Waals surface area (Å²) in [5.74, 6) is 1.81. The molecule has 0 saturated carbocycles. The van der Waals surface area contributed by atoms with E-state index in [9.17, 15) is 4.79 Å². The average molecular weight is 440 g/mol. The van der Waals surface area contributed by atoms with Crippen molar-refractivity contribution in [1.29, 1.82) is 0 Å². The fraction of sp³-hybridized carbons (Fsp3) is 0.286. The monoisotopic (exact) mass is 439 g/mol. The molecule has 1 fully saturated rings. The maximum absolute atomic E-state index is 11.8. The molecule has 0 N–H and O–H groups in total. The van der Waals surface area contributed by atoms with Crippen LogP contribution in [0.4, 0.5) is 0 Å². The number of hydrogen-bond donors (Lipinski definition) is 0. The molecule has 1 aliphatic carbocycles. The van der Waals surface area contributed by atoms with Gasteiger partial charge in [-0.2, -0.15) is 0 Å². The smallest absolute Gasteiger partial charge is 0.178 e. The molecule has 168 valence electrons. The Bertz CT molecular complexity index is 1130. The molecule has 0 aromatic heterocycles. The van der Waals surface area contributed by atoms with Gasteiger partial charge in [-0.15, -0.1) is 0 Å². The van der Waals surface area contributed by atoms with Crippen molar-refractivity contribution in [3.8, 4) is 5.75 Å². The molecule has 0 atom stereocenters. The number of benzene rings is 2. The fourth-order valence-electron chi connectivity index (χ4n) is 4.64. The summed E-state index contributed by atoms with van der Waals surface area (Å²) in [6, 6.07) is 16.9. The van der Waals surface area contributed by atoms with Crippen molar-refractivity contribution in [1.82, 2.24) is 9.80 Å². The number of ether oxygens (including phenoxy) is 1. The molecule has 5 rings (SSSR count). The predicted octanol–water partition coefficient (Wildman–Crippen LogP) is 4.05. The van der Waals surface area contributed by atoms with Crippen LogP contribution in [-0.2, 0) is 11.3 Å². The SMILES string of the molecule is COc1ccc(C2=CC(N3CCN(Cc4ccc(C)cc4)CC3)=NC23C=CC(=O)C=C3)cc1. The summed E-state index contributed by atoms with van der Waals surface area (Å²) in [6.45, 7) is 6.95. The van der Waals surface area contributed by atoms with Crippen molar-refractivity contribution in [2.75, 3.05) is 33.3 Å². The van der Waals surface area contributed by atoms with Gasteiger partial charge in [0.1, 0.15) is 17.1 Å². The minimum absolute atomic E-state index is 0.00285. The largest absolute Gasteiger partial charge is 0.497 e. The molecule has 0 unspecified atom stereocenters. The van der Waals surface area contributed by atoms with Gasteiger partial charge in [0.15, 0.2) is 5.78 Å². The second-order valence-corrected chi connectivity index (χ2v) is 8.90. The summed E-state index contributed by atoms with van der Waals surface area (Å²) < 4.78 is 5.32. The number of aryl methyl sites for hydroxylation is 1. The first-order valence-electron chi connectivity index (χ1n) is 11.5. The number of piperazine rings is 1. The highest BCUT2D eigenvalue weighted by molar-refractivity contribution is 6.09. The standard InChI is InChI=1S/C28H29N3O2/c1-21-3-5-22(6-4-21)20-30-15-17-31(18-16-30)27-19-26(23-7-9-25(33-2)10-8-23)28(29-27)13-11-24(32)12-14-28/h3-14,19H,15-18,20H2,1-2H3. The Balaban J connectivity index is 1.34. The fourth-order valence-corrected chi connectivity index (χ4v) is 4.64. The molecule has 5 nitrogen and oxygen atoms in total. The van der Waals surface area contributed by atoms with E-state index < -0.39 is 5.54 Å². The molecule has 2 aliphatic heterocycles. The lowest BCUT2D eigenvalue weighted by Crippen LogP contribution is -2.47. The third kappa shape index (κ3) is 4.41. The van der Waals surface area contributed by atoms with Crippen LogP contribution in [0.2, 0.25) is 0 Å². The Morgan fingerprint density at radius 2 is 1.61 bits per heavy atom. The molecule has 2 aromatic carbocycles. The lowest BCUT2D eigenvalue weighted by atomic mass is 9.83. The lowest BCUT2D eigenvalue weighted by Gasteiger charge is -2.35. The van der Waals surface area contributed by atoms with Crippen LogP contribution in [0.15, 0.2) is 83.9 Å². The molecule has 2 aromatic rings. The van der Waals surface area contributed by atoms with E-state index in [1.165, 1.54) is 11.1 Å². The lowest BCUT2D eigenvalue weighted by molar-refractivity contribution is -0.110. The normalized spacial score (nSPS) is 19.7. The van der Waals surface area contributed by atoms with E-state index in [2.05, 4.69) is 59.2 Å². The van der Waals surface area contributed by atoms with E-state index in [0.29, 0.717) is 0 Å². The first kappa shape index (κ1) is 21.4. The molecule has 1 saturated heterocycles. The summed E-state index contributed by atoms with van der Waals surface area (Å²) in [5.41, 5.74) is 4.19.